The van der Waals surface area contributed by atoms with Gasteiger partial charge in [-0.05, 0) is 58.9 Å². The summed E-state index contributed by atoms with van der Waals surface area (Å²) in [4.78, 5) is 35.4. The lowest BCUT2D eigenvalue weighted by molar-refractivity contribution is -0.145. The molecule has 180 valence electrons. The molecule has 2 N–H and O–H groups in total. The molecule has 7 nitrogen and oxygen atoms in total. The molecule has 0 aliphatic rings. The highest BCUT2D eigenvalue weighted by Crippen LogP contribution is 2.08. The summed E-state index contributed by atoms with van der Waals surface area (Å²) in [7, 11) is 0. The van der Waals surface area contributed by atoms with Crippen molar-refractivity contribution in [3.63, 3.8) is 0 Å². The maximum Gasteiger partial charge on any atom is 0.407 e. The molecule has 0 heterocycles. The number of amides is 2. The van der Waals surface area contributed by atoms with Crippen LogP contribution in [0.15, 0.2) is 30.3 Å². The van der Waals surface area contributed by atoms with Gasteiger partial charge >= 0.3 is 12.1 Å². The molecule has 0 radical (unpaired) electrons. The van der Waals surface area contributed by atoms with E-state index in [9.17, 15) is 14.4 Å². The van der Waals surface area contributed by atoms with Gasteiger partial charge in [-0.25, -0.2) is 4.79 Å². The minimum absolute atomic E-state index is 0.0155. The Bertz CT molecular complexity index is 685. The molecule has 1 unspecified atom stereocenters. The Morgan fingerprint density at radius 1 is 0.938 bits per heavy atom. The van der Waals surface area contributed by atoms with Crippen molar-refractivity contribution in [3.8, 4) is 0 Å². The van der Waals surface area contributed by atoms with E-state index in [0.717, 1.165) is 31.2 Å². The first kappa shape index (κ1) is 27.5. The molecule has 1 aromatic rings. The molecule has 0 spiro atoms. The number of carbonyl (C=O) groups excluding carboxylic acids is 3. The zero-order chi connectivity index (χ0) is 23.8. The molecule has 0 fully saturated rings. The van der Waals surface area contributed by atoms with Crippen LogP contribution in [0, 0.1) is 0 Å². The molecule has 1 atom stereocenters. The quantitative estimate of drug-likeness (QED) is 0.312. The summed E-state index contributed by atoms with van der Waals surface area (Å²) >= 11 is 0. The van der Waals surface area contributed by atoms with Crippen LogP contribution in [0.3, 0.4) is 0 Å². The van der Waals surface area contributed by atoms with E-state index in [1.165, 1.54) is 0 Å². The number of unbranched alkanes of at least 4 members (excludes halogenated alkanes) is 3. The summed E-state index contributed by atoms with van der Waals surface area (Å²) in [6, 6.07) is 9.68. The number of esters is 1. The van der Waals surface area contributed by atoms with Crippen molar-refractivity contribution < 1.29 is 23.9 Å². The first-order valence-electron chi connectivity index (χ1n) is 11.6. The molecule has 0 saturated heterocycles. The van der Waals surface area contributed by atoms with Crippen LogP contribution in [-0.2, 0) is 25.7 Å². The standard InChI is InChI=1S/C25H40N2O5/c1-20(13-7-6-12-18-26-24(30)32-25(2,3)4)27-22(28)16-10-11-17-23(29)31-19-21-14-8-5-9-15-21/h5,8-9,14-15,20H,6-7,10-13,16-19H2,1-4H3,(H,26,30)(H,27,28). The van der Waals surface area contributed by atoms with Crippen LogP contribution in [0.2, 0.25) is 0 Å². The maximum atomic E-state index is 12.0. The van der Waals surface area contributed by atoms with E-state index < -0.39 is 5.60 Å². The van der Waals surface area contributed by atoms with Crippen molar-refractivity contribution in [2.45, 2.75) is 97.3 Å². The van der Waals surface area contributed by atoms with Gasteiger partial charge in [0.1, 0.15) is 12.2 Å². The number of alkyl carbamates (subject to hydrolysis) is 1. The largest absolute Gasteiger partial charge is 0.461 e. The van der Waals surface area contributed by atoms with E-state index in [2.05, 4.69) is 10.6 Å². The molecule has 32 heavy (non-hydrogen) atoms. The Balaban J connectivity index is 1.99. The van der Waals surface area contributed by atoms with E-state index in [0.29, 0.717) is 32.2 Å². The molecule has 0 saturated carbocycles. The summed E-state index contributed by atoms with van der Waals surface area (Å²) in [5.74, 6) is -0.217. The van der Waals surface area contributed by atoms with Gasteiger partial charge in [-0.3, -0.25) is 9.59 Å². The number of carbonyl (C=O) groups is 3. The van der Waals surface area contributed by atoms with Gasteiger partial charge in [0.2, 0.25) is 5.91 Å². The Hall–Kier alpha value is -2.57. The lowest BCUT2D eigenvalue weighted by atomic mass is 10.1. The van der Waals surface area contributed by atoms with Gasteiger partial charge in [-0.1, -0.05) is 43.2 Å². The second kappa shape index (κ2) is 15.3. The van der Waals surface area contributed by atoms with Crippen LogP contribution < -0.4 is 10.6 Å². The molecule has 0 bridgehead atoms. The lowest BCUT2D eigenvalue weighted by Gasteiger charge is -2.19. The second-order valence-electron chi connectivity index (χ2n) is 9.10. The van der Waals surface area contributed by atoms with Gasteiger partial charge in [0.15, 0.2) is 0 Å². The number of benzene rings is 1. The van der Waals surface area contributed by atoms with Crippen molar-refractivity contribution in [2.75, 3.05) is 6.54 Å². The van der Waals surface area contributed by atoms with E-state index in [-0.39, 0.29) is 30.6 Å². The fourth-order valence-electron chi connectivity index (χ4n) is 3.04. The van der Waals surface area contributed by atoms with Crippen LogP contribution in [0.25, 0.3) is 0 Å². The minimum Gasteiger partial charge on any atom is -0.461 e. The van der Waals surface area contributed by atoms with Gasteiger partial charge in [-0.2, -0.15) is 0 Å². The van der Waals surface area contributed by atoms with Crippen LogP contribution in [-0.4, -0.2) is 36.2 Å². The Kier molecular flexibility index (Phi) is 13.1. The molecule has 0 aliphatic heterocycles. The number of ether oxygens (including phenoxy) is 2. The van der Waals surface area contributed by atoms with E-state index in [1.54, 1.807) is 0 Å². The van der Waals surface area contributed by atoms with Crippen LogP contribution in [0.5, 0.6) is 0 Å². The fraction of sp³-hybridized carbons (Fsp3) is 0.640. The van der Waals surface area contributed by atoms with Crippen molar-refractivity contribution in [3.05, 3.63) is 35.9 Å². The third-order valence-corrected chi connectivity index (χ3v) is 4.67. The third kappa shape index (κ3) is 15.3. The van der Waals surface area contributed by atoms with Gasteiger partial charge in [-0.15, -0.1) is 0 Å². The number of hydrogen-bond acceptors (Lipinski definition) is 5. The highest BCUT2D eigenvalue weighted by atomic mass is 16.6. The summed E-state index contributed by atoms with van der Waals surface area (Å²) in [6.45, 7) is 8.38. The average Bonchev–Trinajstić information content (AvgIpc) is 2.71. The smallest absolute Gasteiger partial charge is 0.407 e. The lowest BCUT2D eigenvalue weighted by Crippen LogP contribution is -2.33. The first-order valence-corrected chi connectivity index (χ1v) is 11.6. The normalized spacial score (nSPS) is 12.0. The van der Waals surface area contributed by atoms with Crippen molar-refractivity contribution in [1.29, 1.82) is 0 Å². The zero-order valence-electron chi connectivity index (χ0n) is 20.1. The van der Waals surface area contributed by atoms with Gasteiger partial charge in [0.05, 0.1) is 0 Å². The first-order chi connectivity index (χ1) is 15.2. The van der Waals surface area contributed by atoms with Crippen molar-refractivity contribution in [2.24, 2.45) is 0 Å². The SMILES string of the molecule is CC(CCCCCNC(=O)OC(C)(C)C)NC(=O)CCCCC(=O)OCc1ccccc1. The monoisotopic (exact) mass is 448 g/mol. The Morgan fingerprint density at radius 3 is 2.31 bits per heavy atom. The van der Waals surface area contributed by atoms with Crippen LogP contribution in [0.4, 0.5) is 4.79 Å². The second-order valence-corrected chi connectivity index (χ2v) is 9.10. The topological polar surface area (TPSA) is 93.7 Å². The van der Waals surface area contributed by atoms with Gasteiger partial charge < -0.3 is 20.1 Å². The molecule has 7 heteroatoms. The summed E-state index contributed by atoms with van der Waals surface area (Å²) in [5, 5.41) is 5.75. The molecular formula is C25H40N2O5. The molecule has 0 aliphatic carbocycles. The average molecular weight is 449 g/mol. The summed E-state index contributed by atoms with van der Waals surface area (Å²) in [6.07, 6.45) is 5.37. The van der Waals surface area contributed by atoms with E-state index >= 15 is 0 Å². The Labute approximate surface area is 192 Å². The van der Waals surface area contributed by atoms with Crippen molar-refractivity contribution in [1.82, 2.24) is 10.6 Å². The van der Waals surface area contributed by atoms with Crippen LogP contribution >= 0.6 is 0 Å². The molecule has 2 amide bonds. The molecular weight excluding hydrogens is 408 g/mol. The minimum atomic E-state index is -0.483. The highest BCUT2D eigenvalue weighted by Gasteiger charge is 2.15. The molecule has 0 aromatic heterocycles. The number of nitrogens with one attached hydrogen (secondary N) is 2. The predicted molar refractivity (Wildman–Crippen MR) is 125 cm³/mol. The van der Waals surface area contributed by atoms with Gasteiger partial charge in [0.25, 0.3) is 0 Å². The van der Waals surface area contributed by atoms with Crippen LogP contribution in [0.1, 0.15) is 84.6 Å². The van der Waals surface area contributed by atoms with E-state index in [4.69, 9.17) is 9.47 Å². The maximum absolute atomic E-state index is 12.0. The molecule has 1 aromatic carbocycles. The third-order valence-electron chi connectivity index (χ3n) is 4.67. The predicted octanol–water partition coefficient (Wildman–Crippen LogP) is 4.88. The molecule has 1 rings (SSSR count). The van der Waals surface area contributed by atoms with E-state index in [1.807, 2.05) is 58.0 Å². The highest BCUT2D eigenvalue weighted by molar-refractivity contribution is 5.76. The van der Waals surface area contributed by atoms with Crippen molar-refractivity contribution >= 4 is 18.0 Å². The summed E-state index contributed by atoms with van der Waals surface area (Å²) in [5.41, 5.74) is 0.483. The number of rotatable bonds is 14. The number of hydrogen-bond donors (Lipinski definition) is 2. The zero-order valence-corrected chi connectivity index (χ0v) is 20.1. The summed E-state index contributed by atoms with van der Waals surface area (Å²) < 4.78 is 10.4. The fourth-order valence-corrected chi connectivity index (χ4v) is 3.04. The Morgan fingerprint density at radius 2 is 1.62 bits per heavy atom. The van der Waals surface area contributed by atoms with Gasteiger partial charge in [0, 0.05) is 25.4 Å².